The number of rotatable bonds is 8. The lowest BCUT2D eigenvalue weighted by atomic mass is 10.0. The number of nitrogens with zero attached hydrogens (tertiary/aromatic N) is 3. The molecule has 1 aliphatic rings. The molecule has 3 aromatic rings. The molecule has 0 bridgehead atoms. The van der Waals surface area contributed by atoms with E-state index in [4.69, 9.17) is 17.0 Å². The molecule has 0 aliphatic carbocycles. The Bertz CT molecular complexity index is 1050. The fraction of sp³-hybridized carbons (Fsp3) is 0.375. The Kier molecular flexibility index (Phi) is 6.83. The van der Waals surface area contributed by atoms with Gasteiger partial charge in [-0.05, 0) is 42.8 Å². The molecule has 5 nitrogen and oxygen atoms in total. The summed E-state index contributed by atoms with van der Waals surface area (Å²) in [5.41, 5.74) is 3.02. The first-order chi connectivity index (χ1) is 15.1. The summed E-state index contributed by atoms with van der Waals surface area (Å²) in [5.74, 6) is 0. The molecule has 1 atom stereocenters. The molecule has 1 aromatic heterocycles. The van der Waals surface area contributed by atoms with Gasteiger partial charge in [-0.1, -0.05) is 73.9 Å². The zero-order valence-corrected chi connectivity index (χ0v) is 19.5. The molecule has 7 heteroatoms. The van der Waals surface area contributed by atoms with Crippen molar-refractivity contribution >= 4 is 50.0 Å². The minimum absolute atomic E-state index is 0.125. The summed E-state index contributed by atoms with van der Waals surface area (Å²) < 4.78 is 7.27. The molecule has 31 heavy (non-hydrogen) atoms. The second-order valence-corrected chi connectivity index (χ2v) is 9.20. The molecule has 0 saturated carbocycles. The third-order valence-electron chi connectivity index (χ3n) is 5.52. The number of hydrogen-bond donors (Lipinski definition) is 0. The number of aryl methyl sites for hydroxylation is 1. The van der Waals surface area contributed by atoms with Crippen LogP contribution in [0.25, 0.3) is 10.2 Å². The van der Waals surface area contributed by atoms with Gasteiger partial charge in [0.25, 0.3) is 0 Å². The highest BCUT2D eigenvalue weighted by Crippen LogP contribution is 2.33. The van der Waals surface area contributed by atoms with E-state index in [1.807, 2.05) is 42.5 Å². The van der Waals surface area contributed by atoms with Crippen molar-refractivity contribution in [2.45, 2.75) is 45.3 Å². The normalized spacial score (nSPS) is 16.3. The van der Waals surface area contributed by atoms with E-state index in [0.29, 0.717) is 16.7 Å². The smallest absolute Gasteiger partial charge is 0.329 e. The van der Waals surface area contributed by atoms with Crippen molar-refractivity contribution in [2.75, 3.05) is 18.5 Å². The lowest BCUT2D eigenvalue weighted by molar-refractivity contribution is 0.202. The number of likely N-dealkylation sites (N-methyl/N-ethyl adjacent to an activating group) is 1. The molecular weight excluding hydrogens is 426 g/mol. The maximum absolute atomic E-state index is 12.9. The van der Waals surface area contributed by atoms with E-state index in [9.17, 15) is 4.79 Å². The van der Waals surface area contributed by atoms with Crippen molar-refractivity contribution in [1.29, 1.82) is 0 Å². The van der Waals surface area contributed by atoms with Gasteiger partial charge in [-0.3, -0.25) is 0 Å². The van der Waals surface area contributed by atoms with Gasteiger partial charge in [-0.25, -0.2) is 14.7 Å². The largest absolute Gasteiger partial charge is 0.457 e. The Morgan fingerprint density at radius 3 is 2.74 bits per heavy atom. The fourth-order valence-corrected chi connectivity index (χ4v) is 5.14. The molecule has 1 aliphatic heterocycles. The van der Waals surface area contributed by atoms with Gasteiger partial charge in [0.1, 0.15) is 0 Å². The highest BCUT2D eigenvalue weighted by atomic mass is 32.1. The Morgan fingerprint density at radius 1 is 1.16 bits per heavy atom. The first-order valence-corrected chi connectivity index (χ1v) is 12.0. The van der Waals surface area contributed by atoms with E-state index in [2.05, 4.69) is 18.0 Å². The minimum Gasteiger partial charge on any atom is -0.457 e. The van der Waals surface area contributed by atoms with Crippen molar-refractivity contribution in [3.63, 3.8) is 0 Å². The van der Waals surface area contributed by atoms with Crippen LogP contribution < -0.4 is 4.90 Å². The van der Waals surface area contributed by atoms with Crippen molar-refractivity contribution in [3.8, 4) is 0 Å². The molecule has 1 fully saturated rings. The predicted octanol–water partition coefficient (Wildman–Crippen LogP) is 6.01. The standard InChI is InChI=1S/C24H27N3O2S2/c1-3-4-5-6-11-17-12-7-8-13-18(17)22(30)29-21-16-26(2)24(28)27(21)23-25-19-14-9-10-15-20(19)31-23/h7-10,12-15,21H,3-6,11,16H2,1-2H3. The maximum Gasteiger partial charge on any atom is 0.329 e. The van der Waals surface area contributed by atoms with Gasteiger partial charge >= 0.3 is 6.03 Å². The van der Waals surface area contributed by atoms with E-state index < -0.39 is 6.23 Å². The predicted molar refractivity (Wildman–Crippen MR) is 131 cm³/mol. The Hall–Kier alpha value is -2.51. The van der Waals surface area contributed by atoms with Gasteiger partial charge in [0.15, 0.2) is 10.2 Å². The molecule has 4 rings (SSSR count). The number of para-hydroxylation sites is 1. The number of hydrogen-bond acceptors (Lipinski definition) is 5. The van der Waals surface area contributed by atoms with Crippen LogP contribution in [0.1, 0.15) is 43.7 Å². The summed E-state index contributed by atoms with van der Waals surface area (Å²) in [5, 5.41) is 1.07. The fourth-order valence-electron chi connectivity index (χ4n) is 3.83. The summed E-state index contributed by atoms with van der Waals surface area (Å²) in [6.45, 7) is 2.65. The van der Waals surface area contributed by atoms with Gasteiger partial charge in [-0.15, -0.1) is 0 Å². The van der Waals surface area contributed by atoms with Gasteiger partial charge in [0.05, 0.1) is 16.8 Å². The Morgan fingerprint density at radius 2 is 1.94 bits per heavy atom. The first-order valence-electron chi connectivity index (χ1n) is 10.8. The van der Waals surface area contributed by atoms with Crippen LogP contribution >= 0.6 is 23.6 Å². The molecule has 0 spiro atoms. The number of unbranched alkanes of at least 4 members (excludes halogenated alkanes) is 3. The van der Waals surface area contributed by atoms with E-state index >= 15 is 0 Å². The monoisotopic (exact) mass is 453 g/mol. The third-order valence-corrected chi connectivity index (χ3v) is 6.87. The van der Waals surface area contributed by atoms with Crippen LogP contribution in [0.5, 0.6) is 0 Å². The number of aromatic nitrogens is 1. The minimum atomic E-state index is -0.501. The lowest BCUT2D eigenvalue weighted by Crippen LogP contribution is -2.37. The summed E-state index contributed by atoms with van der Waals surface area (Å²) in [6.07, 6.45) is 5.29. The molecule has 1 saturated heterocycles. The number of benzene rings is 2. The van der Waals surface area contributed by atoms with Crippen LogP contribution in [0.15, 0.2) is 48.5 Å². The molecule has 162 valence electrons. The number of fused-ring (bicyclic) bond motifs is 1. The molecule has 2 aromatic carbocycles. The van der Waals surface area contributed by atoms with Gasteiger partial charge in [0, 0.05) is 12.6 Å². The lowest BCUT2D eigenvalue weighted by Gasteiger charge is -2.22. The molecule has 0 radical (unpaired) electrons. The van der Waals surface area contributed by atoms with Gasteiger partial charge in [-0.2, -0.15) is 0 Å². The number of ether oxygens (including phenoxy) is 1. The molecule has 0 N–H and O–H groups in total. The summed E-state index contributed by atoms with van der Waals surface area (Å²) >= 11 is 7.18. The molecule has 2 amide bonds. The van der Waals surface area contributed by atoms with Crippen LogP contribution in [-0.2, 0) is 11.2 Å². The zero-order chi connectivity index (χ0) is 21.8. The third kappa shape index (κ3) is 4.72. The Labute approximate surface area is 192 Å². The summed E-state index contributed by atoms with van der Waals surface area (Å²) in [4.78, 5) is 20.8. The number of carbonyl (C=O) groups excluding carboxylic acids is 1. The second kappa shape index (κ2) is 9.75. The van der Waals surface area contributed by atoms with Gasteiger partial charge < -0.3 is 9.64 Å². The average Bonchev–Trinajstić information content (AvgIpc) is 3.31. The van der Waals surface area contributed by atoms with Crippen molar-refractivity contribution in [3.05, 3.63) is 59.7 Å². The second-order valence-electron chi connectivity index (χ2n) is 7.83. The van der Waals surface area contributed by atoms with Crippen LogP contribution in [0.2, 0.25) is 0 Å². The molecule has 1 unspecified atom stereocenters. The van der Waals surface area contributed by atoms with E-state index in [1.54, 1.807) is 16.8 Å². The van der Waals surface area contributed by atoms with Crippen LogP contribution in [0, 0.1) is 0 Å². The van der Waals surface area contributed by atoms with Crippen molar-refractivity contribution in [2.24, 2.45) is 0 Å². The number of thiocarbonyl (C=S) groups is 1. The van der Waals surface area contributed by atoms with E-state index in [1.165, 1.54) is 36.2 Å². The van der Waals surface area contributed by atoms with Crippen LogP contribution in [0.4, 0.5) is 9.93 Å². The summed E-state index contributed by atoms with van der Waals surface area (Å²) in [6, 6.07) is 15.9. The number of amides is 2. The van der Waals surface area contributed by atoms with Gasteiger partial charge in [0.2, 0.25) is 6.23 Å². The summed E-state index contributed by atoms with van der Waals surface area (Å²) in [7, 11) is 1.77. The number of thiazole rings is 1. The number of anilines is 1. The van der Waals surface area contributed by atoms with Crippen LogP contribution in [0.3, 0.4) is 0 Å². The maximum atomic E-state index is 12.9. The van der Waals surface area contributed by atoms with E-state index in [0.717, 1.165) is 28.6 Å². The Balaban J connectivity index is 1.53. The number of carbonyl (C=O) groups is 1. The van der Waals surface area contributed by atoms with Crippen molar-refractivity contribution in [1.82, 2.24) is 9.88 Å². The van der Waals surface area contributed by atoms with Crippen LogP contribution in [-0.4, -0.2) is 40.8 Å². The zero-order valence-electron chi connectivity index (χ0n) is 17.9. The van der Waals surface area contributed by atoms with E-state index in [-0.39, 0.29) is 6.03 Å². The SMILES string of the molecule is CCCCCCc1ccccc1C(=S)OC1CN(C)C(=O)N1c1nc2ccccc2s1. The molecular formula is C24H27N3O2S2. The first kappa shape index (κ1) is 21.7. The highest BCUT2D eigenvalue weighted by molar-refractivity contribution is 7.80. The molecule has 2 heterocycles. The topological polar surface area (TPSA) is 45.7 Å². The quantitative estimate of drug-likeness (QED) is 0.310. The average molecular weight is 454 g/mol. The number of urea groups is 1. The highest BCUT2D eigenvalue weighted by Gasteiger charge is 2.40. The van der Waals surface area contributed by atoms with Crippen molar-refractivity contribution < 1.29 is 9.53 Å².